The fourth-order valence-corrected chi connectivity index (χ4v) is 1.56. The Bertz CT molecular complexity index is 661. The molecule has 2 rings (SSSR count). The molecular weight excluding hydrogens is 236 g/mol. The van der Waals surface area contributed by atoms with Crippen LogP contribution in [0.5, 0.6) is 0 Å². The monoisotopic (exact) mass is 246 g/mol. The predicted molar refractivity (Wildman–Crippen MR) is 70.9 cm³/mol. The highest BCUT2D eigenvalue weighted by Gasteiger charge is 2.18. The van der Waals surface area contributed by atoms with Crippen LogP contribution in [0.2, 0.25) is 0 Å². The summed E-state index contributed by atoms with van der Waals surface area (Å²) in [7, 11) is 0. The van der Waals surface area contributed by atoms with Crippen LogP contribution >= 0.6 is 0 Å². The second-order valence-electron chi connectivity index (χ2n) is 3.83. The van der Waals surface area contributed by atoms with Gasteiger partial charge in [0.2, 0.25) is 5.78 Å². The van der Waals surface area contributed by atoms with Gasteiger partial charge in [0, 0.05) is 18.0 Å². The second kappa shape index (κ2) is 6.14. The normalized spacial score (nSPS) is 10.7. The average molecular weight is 246 g/mol. The Kier molecular flexibility index (Phi) is 4.05. The highest BCUT2D eigenvalue weighted by atomic mass is 16.1. The van der Waals surface area contributed by atoms with E-state index < -0.39 is 11.7 Å². The van der Waals surface area contributed by atoms with Gasteiger partial charge >= 0.3 is 0 Å². The molecule has 0 aliphatic heterocycles. The molecule has 90 valence electrons. The lowest BCUT2D eigenvalue weighted by atomic mass is 9.98. The zero-order valence-electron chi connectivity index (χ0n) is 10.1. The minimum Gasteiger partial charge on any atom is -0.283 e. The van der Waals surface area contributed by atoms with Gasteiger partial charge in [-0.1, -0.05) is 30.2 Å². The zero-order chi connectivity index (χ0) is 13.5. The van der Waals surface area contributed by atoms with Crippen molar-refractivity contribution < 1.29 is 4.79 Å². The van der Waals surface area contributed by atoms with Crippen LogP contribution in [0.15, 0.2) is 54.9 Å². The smallest absolute Gasteiger partial charge is 0.227 e. The van der Waals surface area contributed by atoms with Crippen LogP contribution in [0.1, 0.15) is 17.0 Å². The highest BCUT2D eigenvalue weighted by Crippen LogP contribution is 2.14. The van der Waals surface area contributed by atoms with Crippen molar-refractivity contribution in [2.24, 2.45) is 0 Å². The molecule has 1 aromatic heterocycles. The summed E-state index contributed by atoms with van der Waals surface area (Å²) in [5.41, 5.74) is 1.32. The molecule has 1 unspecified atom stereocenters. The van der Waals surface area contributed by atoms with Crippen LogP contribution < -0.4 is 0 Å². The van der Waals surface area contributed by atoms with E-state index >= 15 is 0 Å². The van der Waals surface area contributed by atoms with Crippen molar-refractivity contribution in [3.63, 3.8) is 0 Å². The SMILES string of the molecule is N#CC(C(=O)C#Cc1ccccc1)c1cccnc1. The van der Waals surface area contributed by atoms with E-state index in [4.69, 9.17) is 5.26 Å². The van der Waals surface area contributed by atoms with Crippen LogP contribution in [0.4, 0.5) is 0 Å². The Morgan fingerprint density at radius 2 is 1.95 bits per heavy atom. The fraction of sp³-hybridized carbons (Fsp3) is 0.0625. The quantitative estimate of drug-likeness (QED) is 0.764. The zero-order valence-corrected chi connectivity index (χ0v) is 10.1. The molecule has 0 aliphatic rings. The molecule has 0 bridgehead atoms. The number of pyridine rings is 1. The molecule has 0 saturated heterocycles. The summed E-state index contributed by atoms with van der Waals surface area (Å²) in [6.45, 7) is 0. The first-order valence-corrected chi connectivity index (χ1v) is 5.71. The van der Waals surface area contributed by atoms with Gasteiger partial charge in [-0.25, -0.2) is 0 Å². The Balaban J connectivity index is 2.20. The average Bonchev–Trinajstić information content (AvgIpc) is 2.48. The predicted octanol–water partition coefficient (Wildman–Crippen LogP) is 2.31. The molecule has 0 spiro atoms. The minimum atomic E-state index is -0.884. The van der Waals surface area contributed by atoms with Crippen LogP contribution in [0.3, 0.4) is 0 Å². The molecule has 0 amide bonds. The van der Waals surface area contributed by atoms with Crippen LogP contribution in [0.25, 0.3) is 0 Å². The van der Waals surface area contributed by atoms with Crippen molar-refractivity contribution in [1.29, 1.82) is 5.26 Å². The second-order valence-corrected chi connectivity index (χ2v) is 3.83. The summed E-state index contributed by atoms with van der Waals surface area (Å²) in [4.78, 5) is 15.8. The van der Waals surface area contributed by atoms with E-state index in [-0.39, 0.29) is 0 Å². The molecule has 1 heterocycles. The van der Waals surface area contributed by atoms with Crippen molar-refractivity contribution in [2.45, 2.75) is 5.92 Å². The van der Waals surface area contributed by atoms with Crippen LogP contribution in [-0.2, 0) is 4.79 Å². The Morgan fingerprint density at radius 3 is 2.58 bits per heavy atom. The summed E-state index contributed by atoms with van der Waals surface area (Å²) >= 11 is 0. The van der Waals surface area contributed by atoms with E-state index in [2.05, 4.69) is 16.8 Å². The van der Waals surface area contributed by atoms with Gasteiger partial charge in [-0.15, -0.1) is 0 Å². The van der Waals surface area contributed by atoms with Crippen LogP contribution in [0, 0.1) is 23.2 Å². The van der Waals surface area contributed by atoms with Gasteiger partial charge in [-0.2, -0.15) is 5.26 Å². The third kappa shape index (κ3) is 3.28. The first-order valence-electron chi connectivity index (χ1n) is 5.71. The van der Waals surface area contributed by atoms with Gasteiger partial charge in [-0.05, 0) is 29.7 Å². The highest BCUT2D eigenvalue weighted by molar-refractivity contribution is 6.02. The van der Waals surface area contributed by atoms with E-state index in [1.54, 1.807) is 18.3 Å². The topological polar surface area (TPSA) is 53.8 Å². The van der Waals surface area contributed by atoms with E-state index in [1.165, 1.54) is 6.20 Å². The third-order valence-corrected chi connectivity index (χ3v) is 2.51. The van der Waals surface area contributed by atoms with Crippen molar-refractivity contribution >= 4 is 5.78 Å². The summed E-state index contributed by atoms with van der Waals surface area (Å²) < 4.78 is 0. The maximum absolute atomic E-state index is 11.9. The largest absolute Gasteiger partial charge is 0.283 e. The van der Waals surface area contributed by atoms with Crippen molar-refractivity contribution in [2.75, 3.05) is 0 Å². The first kappa shape index (κ1) is 12.5. The molecule has 0 radical (unpaired) electrons. The lowest BCUT2D eigenvalue weighted by Crippen LogP contribution is -2.08. The number of nitriles is 1. The number of benzene rings is 1. The van der Waals surface area contributed by atoms with Crippen molar-refractivity contribution in [1.82, 2.24) is 4.98 Å². The third-order valence-electron chi connectivity index (χ3n) is 2.51. The number of rotatable bonds is 2. The Hall–Kier alpha value is -2.91. The molecule has 0 aliphatic carbocycles. The van der Waals surface area contributed by atoms with Gasteiger partial charge in [-0.3, -0.25) is 9.78 Å². The maximum Gasteiger partial charge on any atom is 0.227 e. The lowest BCUT2D eigenvalue weighted by molar-refractivity contribution is -0.114. The van der Waals surface area contributed by atoms with E-state index in [0.29, 0.717) is 5.56 Å². The number of ketones is 1. The van der Waals surface area contributed by atoms with Gasteiger partial charge in [0.15, 0.2) is 0 Å². The number of carbonyl (C=O) groups excluding carboxylic acids is 1. The molecule has 3 nitrogen and oxygen atoms in total. The standard InChI is InChI=1S/C16H10N2O/c17-11-15(14-7-4-10-18-12-14)16(19)9-8-13-5-2-1-3-6-13/h1-7,10,12,15H. The van der Waals surface area contributed by atoms with Crippen molar-refractivity contribution in [3.05, 3.63) is 66.0 Å². The van der Waals surface area contributed by atoms with Gasteiger partial charge < -0.3 is 0 Å². The molecule has 2 aromatic rings. The minimum absolute atomic E-state index is 0.417. The van der Waals surface area contributed by atoms with Crippen molar-refractivity contribution in [3.8, 4) is 17.9 Å². The summed E-state index contributed by atoms with van der Waals surface area (Å²) in [6.07, 6.45) is 3.11. The Morgan fingerprint density at radius 1 is 1.16 bits per heavy atom. The van der Waals surface area contributed by atoms with Gasteiger partial charge in [0.05, 0.1) is 6.07 Å². The van der Waals surface area contributed by atoms with Crippen LogP contribution in [-0.4, -0.2) is 10.8 Å². The number of nitrogens with zero attached hydrogens (tertiary/aromatic N) is 2. The first-order chi connectivity index (χ1) is 9.31. The van der Waals surface area contributed by atoms with E-state index in [1.807, 2.05) is 36.4 Å². The number of carbonyl (C=O) groups is 1. The molecule has 19 heavy (non-hydrogen) atoms. The Labute approximate surface area is 111 Å². The summed E-state index contributed by atoms with van der Waals surface area (Å²) in [5.74, 6) is 3.97. The number of aromatic nitrogens is 1. The summed E-state index contributed by atoms with van der Waals surface area (Å²) in [6, 6.07) is 14.5. The molecule has 0 saturated carbocycles. The summed E-state index contributed by atoms with van der Waals surface area (Å²) in [5, 5.41) is 9.08. The molecule has 1 aromatic carbocycles. The molecular formula is C16H10N2O. The maximum atomic E-state index is 11.9. The lowest BCUT2D eigenvalue weighted by Gasteiger charge is -2.02. The van der Waals surface area contributed by atoms with E-state index in [0.717, 1.165) is 5.56 Å². The van der Waals surface area contributed by atoms with Gasteiger partial charge in [0.1, 0.15) is 5.92 Å². The number of hydrogen-bond donors (Lipinski definition) is 0. The molecule has 0 N–H and O–H groups in total. The van der Waals surface area contributed by atoms with Gasteiger partial charge in [0.25, 0.3) is 0 Å². The fourth-order valence-electron chi connectivity index (χ4n) is 1.56. The van der Waals surface area contributed by atoms with E-state index in [9.17, 15) is 4.79 Å². The molecule has 1 atom stereocenters. The number of hydrogen-bond acceptors (Lipinski definition) is 3. The number of Topliss-reactive ketones (excluding diaryl/α,β-unsaturated/α-hetero) is 1. The molecule has 0 fully saturated rings. The molecule has 3 heteroatoms.